The van der Waals surface area contributed by atoms with Gasteiger partial charge in [-0.2, -0.15) is 0 Å². The lowest BCUT2D eigenvalue weighted by molar-refractivity contribution is 0.317. The molecule has 0 aliphatic heterocycles. The molecule has 0 fully saturated rings. The lowest BCUT2D eigenvalue weighted by Crippen LogP contribution is -2.22. The van der Waals surface area contributed by atoms with Gasteiger partial charge in [-0.05, 0) is 11.3 Å². The number of nitrogens with zero attached hydrogens (tertiary/aromatic N) is 1. The van der Waals surface area contributed by atoms with E-state index in [0.29, 0.717) is 11.8 Å². The minimum absolute atomic E-state index is 0.00453. The third kappa shape index (κ3) is 2.96. The van der Waals surface area contributed by atoms with Crippen LogP contribution in [0.2, 0.25) is 0 Å². The summed E-state index contributed by atoms with van der Waals surface area (Å²) in [6.45, 7) is 20.0. The zero-order valence-corrected chi connectivity index (χ0v) is 13.5. The molecule has 0 aliphatic rings. The fourth-order valence-corrected chi connectivity index (χ4v) is 2.17. The van der Waals surface area contributed by atoms with E-state index in [4.69, 9.17) is 4.52 Å². The maximum Gasteiger partial charge on any atom is 0.146 e. The summed E-state index contributed by atoms with van der Waals surface area (Å²) in [5.41, 5.74) is 2.52. The van der Waals surface area contributed by atoms with Gasteiger partial charge in [0.05, 0.1) is 5.69 Å². The maximum absolute atomic E-state index is 5.71. The van der Waals surface area contributed by atoms with Crippen LogP contribution in [0.1, 0.15) is 85.2 Å². The molecule has 0 bridgehead atoms. The molecule has 0 spiro atoms. The molecule has 1 heterocycles. The van der Waals surface area contributed by atoms with E-state index in [1.807, 2.05) is 0 Å². The van der Waals surface area contributed by atoms with Gasteiger partial charge in [0.15, 0.2) is 0 Å². The lowest BCUT2D eigenvalue weighted by Gasteiger charge is -2.26. The Kier molecular flexibility index (Phi) is 4.00. The molecular formula is C16H29NO. The molecule has 0 saturated heterocycles. The molecule has 0 aliphatic carbocycles. The Morgan fingerprint density at radius 2 is 1.39 bits per heavy atom. The Balaban J connectivity index is 3.43. The van der Waals surface area contributed by atoms with E-state index in [9.17, 15) is 0 Å². The van der Waals surface area contributed by atoms with Gasteiger partial charge in [0.2, 0.25) is 0 Å². The summed E-state index contributed by atoms with van der Waals surface area (Å²) in [6, 6.07) is 0. The number of rotatable bonds is 2. The van der Waals surface area contributed by atoms with Crippen molar-refractivity contribution in [2.24, 2.45) is 5.92 Å². The molecular weight excluding hydrogens is 222 g/mol. The van der Waals surface area contributed by atoms with E-state index < -0.39 is 0 Å². The Labute approximate surface area is 112 Å². The second kappa shape index (κ2) is 4.71. The molecule has 2 nitrogen and oxygen atoms in total. The largest absolute Gasteiger partial charge is 0.360 e. The summed E-state index contributed by atoms with van der Waals surface area (Å²) in [4.78, 5) is 0. The summed E-state index contributed by atoms with van der Waals surface area (Å²) < 4.78 is 5.71. The normalized spacial score (nSPS) is 15.2. The Hall–Kier alpha value is -0.790. The van der Waals surface area contributed by atoms with Crippen molar-refractivity contribution in [1.29, 1.82) is 0 Å². The van der Waals surface area contributed by atoms with Crippen molar-refractivity contribution >= 4 is 0 Å². The molecule has 0 saturated carbocycles. The van der Waals surface area contributed by atoms with Crippen LogP contribution >= 0.6 is 0 Å². The maximum atomic E-state index is 5.71. The summed E-state index contributed by atoms with van der Waals surface area (Å²) in [6.07, 6.45) is 0. The minimum atomic E-state index is 0.00453. The minimum Gasteiger partial charge on any atom is -0.360 e. The highest BCUT2D eigenvalue weighted by atomic mass is 16.5. The highest BCUT2D eigenvalue weighted by molar-refractivity contribution is 5.36. The van der Waals surface area contributed by atoms with Gasteiger partial charge in [-0.1, -0.05) is 67.5 Å². The molecule has 0 amide bonds. The average Bonchev–Trinajstić information content (AvgIpc) is 2.58. The van der Waals surface area contributed by atoms with Crippen molar-refractivity contribution in [3.05, 3.63) is 17.0 Å². The molecule has 18 heavy (non-hydrogen) atoms. The quantitative estimate of drug-likeness (QED) is 0.737. The molecule has 104 valence electrons. The van der Waals surface area contributed by atoms with Gasteiger partial charge in [-0.15, -0.1) is 0 Å². The van der Waals surface area contributed by atoms with Crippen LogP contribution in [0.15, 0.2) is 4.52 Å². The SMILES string of the molecule is CC(C)C(C)c1noc(C(C)(C)C)c1C(C)(C)C. The van der Waals surface area contributed by atoms with Crippen molar-refractivity contribution in [2.75, 3.05) is 0 Å². The van der Waals surface area contributed by atoms with Crippen molar-refractivity contribution < 1.29 is 4.52 Å². The van der Waals surface area contributed by atoms with Crippen LogP contribution in [0.4, 0.5) is 0 Å². The van der Waals surface area contributed by atoms with E-state index in [2.05, 4.69) is 67.5 Å². The molecule has 1 aromatic rings. The van der Waals surface area contributed by atoms with E-state index >= 15 is 0 Å². The Morgan fingerprint density at radius 1 is 0.889 bits per heavy atom. The zero-order valence-electron chi connectivity index (χ0n) is 13.5. The van der Waals surface area contributed by atoms with Crippen molar-refractivity contribution in [1.82, 2.24) is 5.16 Å². The molecule has 1 atom stereocenters. The lowest BCUT2D eigenvalue weighted by atomic mass is 9.76. The number of hydrogen-bond acceptors (Lipinski definition) is 2. The van der Waals surface area contributed by atoms with Gasteiger partial charge in [0.1, 0.15) is 5.76 Å². The molecule has 0 aromatic carbocycles. The second-order valence-electron chi connectivity index (χ2n) is 7.80. The Bertz CT molecular complexity index is 402. The fourth-order valence-electron chi connectivity index (χ4n) is 2.17. The van der Waals surface area contributed by atoms with Gasteiger partial charge in [-0.25, -0.2) is 0 Å². The van der Waals surface area contributed by atoms with Crippen LogP contribution < -0.4 is 0 Å². The number of aromatic nitrogens is 1. The average molecular weight is 251 g/mol. The van der Waals surface area contributed by atoms with Gasteiger partial charge in [-0.3, -0.25) is 0 Å². The molecule has 1 rings (SSSR count). The molecule has 1 unspecified atom stereocenters. The molecule has 0 N–H and O–H groups in total. The fraction of sp³-hybridized carbons (Fsp3) is 0.812. The predicted octanol–water partition coefficient (Wildman–Crippen LogP) is 5.03. The van der Waals surface area contributed by atoms with E-state index in [1.54, 1.807) is 0 Å². The van der Waals surface area contributed by atoms with Crippen LogP contribution in [0.25, 0.3) is 0 Å². The highest BCUT2D eigenvalue weighted by Crippen LogP contribution is 2.40. The summed E-state index contributed by atoms with van der Waals surface area (Å²) >= 11 is 0. The first-order valence-corrected chi connectivity index (χ1v) is 6.96. The van der Waals surface area contributed by atoms with E-state index in [0.717, 1.165) is 11.5 Å². The molecule has 1 aromatic heterocycles. The van der Waals surface area contributed by atoms with Crippen LogP contribution in [-0.4, -0.2) is 5.16 Å². The van der Waals surface area contributed by atoms with Crippen LogP contribution in [0.5, 0.6) is 0 Å². The first kappa shape index (κ1) is 15.3. The summed E-state index contributed by atoms with van der Waals surface area (Å²) in [5.74, 6) is 2.04. The third-order valence-corrected chi connectivity index (χ3v) is 3.58. The van der Waals surface area contributed by atoms with E-state index in [1.165, 1.54) is 5.56 Å². The van der Waals surface area contributed by atoms with Crippen LogP contribution in [-0.2, 0) is 10.8 Å². The summed E-state index contributed by atoms with van der Waals surface area (Å²) in [5, 5.41) is 4.40. The van der Waals surface area contributed by atoms with Crippen molar-refractivity contribution in [3.8, 4) is 0 Å². The third-order valence-electron chi connectivity index (χ3n) is 3.58. The smallest absolute Gasteiger partial charge is 0.146 e. The van der Waals surface area contributed by atoms with Gasteiger partial charge in [0, 0.05) is 16.9 Å². The first-order chi connectivity index (χ1) is 7.96. The van der Waals surface area contributed by atoms with Gasteiger partial charge in [0.25, 0.3) is 0 Å². The van der Waals surface area contributed by atoms with Crippen molar-refractivity contribution in [3.63, 3.8) is 0 Å². The zero-order chi connectivity index (χ0) is 14.3. The van der Waals surface area contributed by atoms with Crippen LogP contribution in [0.3, 0.4) is 0 Å². The van der Waals surface area contributed by atoms with Crippen molar-refractivity contribution in [2.45, 2.75) is 79.1 Å². The molecule has 2 heteroatoms. The topological polar surface area (TPSA) is 26.0 Å². The van der Waals surface area contributed by atoms with Gasteiger partial charge < -0.3 is 4.52 Å². The molecule has 0 radical (unpaired) electrons. The predicted molar refractivity (Wildman–Crippen MR) is 77.2 cm³/mol. The van der Waals surface area contributed by atoms with E-state index in [-0.39, 0.29) is 10.8 Å². The van der Waals surface area contributed by atoms with Crippen LogP contribution in [0, 0.1) is 5.92 Å². The highest BCUT2D eigenvalue weighted by Gasteiger charge is 2.35. The second-order valence-corrected chi connectivity index (χ2v) is 7.80. The monoisotopic (exact) mass is 251 g/mol. The Morgan fingerprint density at radius 3 is 1.72 bits per heavy atom. The van der Waals surface area contributed by atoms with Gasteiger partial charge >= 0.3 is 0 Å². The standard InChI is InChI=1S/C16H29NO/c1-10(2)11(3)13-12(15(4,5)6)14(18-17-13)16(7,8)9/h10-11H,1-9H3. The first-order valence-electron chi connectivity index (χ1n) is 6.96. The number of hydrogen-bond donors (Lipinski definition) is 0. The summed E-state index contributed by atoms with van der Waals surface area (Å²) in [7, 11) is 0.